The van der Waals surface area contributed by atoms with Gasteiger partial charge >= 0.3 is 0 Å². The second-order valence-corrected chi connectivity index (χ2v) is 10.8. The van der Waals surface area contributed by atoms with Gasteiger partial charge in [0.1, 0.15) is 21.3 Å². The molecular formula is C19H21FN2O5S3. The Labute approximate surface area is 182 Å². The van der Waals surface area contributed by atoms with Gasteiger partial charge in [0.15, 0.2) is 6.79 Å². The lowest BCUT2D eigenvalue weighted by molar-refractivity contribution is -0.0172. The number of thiophene rings is 1. The van der Waals surface area contributed by atoms with Crippen LogP contribution in [0.4, 0.5) is 4.39 Å². The van der Waals surface area contributed by atoms with Crippen molar-refractivity contribution < 1.29 is 27.1 Å². The first-order valence-electron chi connectivity index (χ1n) is 9.42. The predicted molar refractivity (Wildman–Crippen MR) is 113 cm³/mol. The average Bonchev–Trinajstić information content (AvgIpc) is 3.25. The number of thioether (sulfide) groups is 1. The number of carbonyl (C=O) groups excluding carboxylic acids is 1. The predicted octanol–water partition coefficient (Wildman–Crippen LogP) is 2.46. The highest BCUT2D eigenvalue weighted by Crippen LogP contribution is 2.30. The molecule has 0 radical (unpaired) electrons. The minimum Gasteiger partial charge on any atom is -0.467 e. The molecule has 0 aliphatic carbocycles. The number of halogens is 1. The number of ether oxygens (including phenoxy) is 2. The molecule has 1 N–H and O–H groups in total. The monoisotopic (exact) mass is 472 g/mol. The van der Waals surface area contributed by atoms with Gasteiger partial charge in [-0.3, -0.25) is 4.79 Å². The van der Waals surface area contributed by atoms with Crippen LogP contribution >= 0.6 is 23.1 Å². The van der Waals surface area contributed by atoms with E-state index in [0.29, 0.717) is 36.4 Å². The van der Waals surface area contributed by atoms with Crippen LogP contribution in [0.3, 0.4) is 0 Å². The maximum atomic E-state index is 13.9. The Bertz CT molecular complexity index is 1030. The molecule has 2 aliphatic rings. The molecule has 162 valence electrons. The molecule has 30 heavy (non-hydrogen) atoms. The number of nitrogens with zero attached hydrogens (tertiary/aromatic N) is 1. The minimum atomic E-state index is -3.70. The van der Waals surface area contributed by atoms with E-state index < -0.39 is 21.7 Å². The Morgan fingerprint density at radius 1 is 1.27 bits per heavy atom. The SMILES string of the molecule is O=C(NCCc1cc(F)cc2c1OCOC2)c1sccc1S(=O)(=O)N1CCSCC1. The molecule has 1 aromatic carbocycles. The maximum Gasteiger partial charge on any atom is 0.262 e. The number of sulfonamides is 1. The summed E-state index contributed by atoms with van der Waals surface area (Å²) in [6.07, 6.45) is 0.350. The van der Waals surface area contributed by atoms with Gasteiger partial charge in [-0.1, -0.05) is 0 Å². The molecule has 1 aromatic heterocycles. The van der Waals surface area contributed by atoms with Gasteiger partial charge in [0.2, 0.25) is 10.0 Å². The molecule has 0 bridgehead atoms. The first-order chi connectivity index (χ1) is 14.5. The molecule has 2 aliphatic heterocycles. The Morgan fingerprint density at radius 3 is 2.87 bits per heavy atom. The number of rotatable bonds is 6. The molecule has 2 aromatic rings. The summed E-state index contributed by atoms with van der Waals surface area (Å²) in [5.74, 6) is 1.23. The van der Waals surface area contributed by atoms with Crippen LogP contribution < -0.4 is 10.1 Å². The molecule has 0 saturated carbocycles. The van der Waals surface area contributed by atoms with Gasteiger partial charge in [-0.25, -0.2) is 12.8 Å². The van der Waals surface area contributed by atoms with Crippen molar-refractivity contribution in [3.05, 3.63) is 45.4 Å². The average molecular weight is 473 g/mol. The zero-order valence-corrected chi connectivity index (χ0v) is 18.5. The van der Waals surface area contributed by atoms with Gasteiger partial charge in [0, 0.05) is 36.7 Å². The van der Waals surface area contributed by atoms with Gasteiger partial charge < -0.3 is 14.8 Å². The van der Waals surface area contributed by atoms with Crippen molar-refractivity contribution in [2.75, 3.05) is 37.9 Å². The smallest absolute Gasteiger partial charge is 0.262 e. The molecule has 0 unspecified atom stereocenters. The fourth-order valence-electron chi connectivity index (χ4n) is 3.43. The van der Waals surface area contributed by atoms with E-state index in [1.807, 2.05) is 0 Å². The minimum absolute atomic E-state index is 0.0421. The molecule has 11 heteroatoms. The van der Waals surface area contributed by atoms with Gasteiger partial charge in [0.25, 0.3) is 5.91 Å². The van der Waals surface area contributed by atoms with Gasteiger partial charge in [0.05, 0.1) is 6.61 Å². The zero-order valence-electron chi connectivity index (χ0n) is 16.1. The summed E-state index contributed by atoms with van der Waals surface area (Å²) in [5.41, 5.74) is 1.27. The molecule has 1 saturated heterocycles. The summed E-state index contributed by atoms with van der Waals surface area (Å²) in [5, 5.41) is 4.36. The lowest BCUT2D eigenvalue weighted by Crippen LogP contribution is -2.38. The van der Waals surface area contributed by atoms with Crippen LogP contribution in [0, 0.1) is 5.82 Å². The highest BCUT2D eigenvalue weighted by Gasteiger charge is 2.31. The van der Waals surface area contributed by atoms with E-state index in [1.165, 1.54) is 22.5 Å². The molecule has 1 fully saturated rings. The molecule has 0 spiro atoms. The fourth-order valence-corrected chi connectivity index (χ4v) is 7.32. The second kappa shape index (κ2) is 9.23. The number of amides is 1. The van der Waals surface area contributed by atoms with Crippen LogP contribution in [0.5, 0.6) is 5.75 Å². The van der Waals surface area contributed by atoms with E-state index in [0.717, 1.165) is 22.8 Å². The Morgan fingerprint density at radius 2 is 2.07 bits per heavy atom. The van der Waals surface area contributed by atoms with Crippen molar-refractivity contribution in [2.24, 2.45) is 0 Å². The number of fused-ring (bicyclic) bond motifs is 1. The Balaban J connectivity index is 1.44. The quantitative estimate of drug-likeness (QED) is 0.695. The van der Waals surface area contributed by atoms with Crippen molar-refractivity contribution >= 4 is 39.0 Å². The lowest BCUT2D eigenvalue weighted by atomic mass is 10.1. The van der Waals surface area contributed by atoms with Gasteiger partial charge in [-0.15, -0.1) is 11.3 Å². The highest BCUT2D eigenvalue weighted by molar-refractivity contribution is 7.99. The summed E-state index contributed by atoms with van der Waals surface area (Å²) >= 11 is 2.81. The molecule has 4 rings (SSSR count). The summed E-state index contributed by atoms with van der Waals surface area (Å²) in [4.78, 5) is 12.9. The number of nitrogens with one attached hydrogen (secondary N) is 1. The highest BCUT2D eigenvalue weighted by atomic mass is 32.2. The third kappa shape index (κ3) is 4.50. The van der Waals surface area contributed by atoms with Crippen molar-refractivity contribution in [3.63, 3.8) is 0 Å². The van der Waals surface area contributed by atoms with Crippen molar-refractivity contribution in [1.29, 1.82) is 0 Å². The Hall–Kier alpha value is -1.66. The second-order valence-electron chi connectivity index (χ2n) is 6.80. The number of benzene rings is 1. The van der Waals surface area contributed by atoms with Gasteiger partial charge in [-0.05, 0) is 35.6 Å². The topological polar surface area (TPSA) is 84.9 Å². The van der Waals surface area contributed by atoms with E-state index >= 15 is 0 Å². The van der Waals surface area contributed by atoms with E-state index in [4.69, 9.17) is 9.47 Å². The fraction of sp³-hybridized carbons (Fsp3) is 0.421. The van der Waals surface area contributed by atoms with Crippen LogP contribution in [-0.2, 0) is 27.8 Å². The normalized spacial score (nSPS) is 17.2. The van der Waals surface area contributed by atoms with E-state index in [1.54, 1.807) is 17.1 Å². The van der Waals surface area contributed by atoms with E-state index in [-0.39, 0.29) is 29.7 Å². The molecule has 7 nitrogen and oxygen atoms in total. The number of hydrogen-bond donors (Lipinski definition) is 1. The molecule has 1 amide bonds. The van der Waals surface area contributed by atoms with Crippen LogP contribution in [0.2, 0.25) is 0 Å². The number of carbonyl (C=O) groups is 1. The van der Waals surface area contributed by atoms with Crippen LogP contribution in [0.15, 0.2) is 28.5 Å². The van der Waals surface area contributed by atoms with Crippen molar-refractivity contribution in [1.82, 2.24) is 9.62 Å². The van der Waals surface area contributed by atoms with Crippen molar-refractivity contribution in [3.8, 4) is 5.75 Å². The first kappa shape index (κ1) is 21.6. The van der Waals surface area contributed by atoms with Crippen LogP contribution in [-0.4, -0.2) is 56.6 Å². The third-order valence-electron chi connectivity index (χ3n) is 4.85. The standard InChI is InChI=1S/C19H21FN2O5S3/c20-15-9-13(17-14(10-15)11-26-12-27-17)1-3-21-19(23)18-16(2-6-29-18)30(24,25)22-4-7-28-8-5-22/h2,6,9-10H,1,3-5,7-8,11-12H2,(H,21,23). The first-order valence-corrected chi connectivity index (χ1v) is 12.9. The largest absolute Gasteiger partial charge is 0.467 e. The zero-order chi connectivity index (χ0) is 21.1. The molecule has 0 atom stereocenters. The summed E-state index contributed by atoms with van der Waals surface area (Å²) in [6.45, 7) is 1.48. The lowest BCUT2D eigenvalue weighted by Gasteiger charge is -2.25. The summed E-state index contributed by atoms with van der Waals surface area (Å²) in [6, 6.07) is 4.23. The van der Waals surface area contributed by atoms with Gasteiger partial charge in [-0.2, -0.15) is 16.1 Å². The van der Waals surface area contributed by atoms with E-state index in [2.05, 4.69) is 5.32 Å². The molecule has 3 heterocycles. The maximum absolute atomic E-state index is 13.9. The summed E-state index contributed by atoms with van der Waals surface area (Å²) < 4.78 is 51.8. The molecular weight excluding hydrogens is 451 g/mol. The van der Waals surface area contributed by atoms with Crippen LogP contribution in [0.25, 0.3) is 0 Å². The summed E-state index contributed by atoms with van der Waals surface area (Å²) in [7, 11) is -3.70. The van der Waals surface area contributed by atoms with E-state index in [9.17, 15) is 17.6 Å². The van der Waals surface area contributed by atoms with Crippen molar-refractivity contribution in [2.45, 2.75) is 17.9 Å². The Kier molecular flexibility index (Phi) is 6.63. The number of hydrogen-bond acceptors (Lipinski definition) is 7. The van der Waals surface area contributed by atoms with Crippen LogP contribution in [0.1, 0.15) is 20.8 Å². The third-order valence-corrected chi connectivity index (χ3v) is 8.78.